The second kappa shape index (κ2) is 5.50. The Morgan fingerprint density at radius 3 is 2.56 bits per heavy atom. The van der Waals surface area contributed by atoms with Gasteiger partial charge < -0.3 is 9.64 Å². The van der Waals surface area contributed by atoms with Crippen molar-refractivity contribution in [3.8, 4) is 0 Å². The molecular formula is C12H22BrNO2. The van der Waals surface area contributed by atoms with Crippen LogP contribution in [0.2, 0.25) is 0 Å². The number of amides is 1. The van der Waals surface area contributed by atoms with Crippen molar-refractivity contribution >= 4 is 21.8 Å². The molecule has 0 saturated carbocycles. The van der Waals surface area contributed by atoms with Gasteiger partial charge in [-0.2, -0.15) is 0 Å². The lowest BCUT2D eigenvalue weighted by molar-refractivity contribution is -0.144. The molecule has 1 aliphatic heterocycles. The molecule has 0 aromatic heterocycles. The molecule has 3 nitrogen and oxygen atoms in total. The van der Waals surface area contributed by atoms with Crippen LogP contribution in [0.3, 0.4) is 0 Å². The summed E-state index contributed by atoms with van der Waals surface area (Å²) in [5.74, 6) is 0.244. The fourth-order valence-electron chi connectivity index (χ4n) is 1.90. The third-order valence-corrected chi connectivity index (χ3v) is 3.25. The monoisotopic (exact) mass is 291 g/mol. The molecule has 0 spiro atoms. The number of halogens is 1. The van der Waals surface area contributed by atoms with Gasteiger partial charge >= 0.3 is 0 Å². The van der Waals surface area contributed by atoms with Gasteiger partial charge in [-0.15, -0.1) is 0 Å². The Balaban J connectivity index is 2.55. The van der Waals surface area contributed by atoms with Crippen LogP contribution >= 0.6 is 15.9 Å². The fraction of sp³-hybridized carbons (Fsp3) is 0.917. The van der Waals surface area contributed by atoms with Gasteiger partial charge in [-0.25, -0.2) is 0 Å². The highest BCUT2D eigenvalue weighted by Gasteiger charge is 2.29. The Hall–Kier alpha value is -0.0900. The van der Waals surface area contributed by atoms with Gasteiger partial charge in [0.15, 0.2) is 0 Å². The van der Waals surface area contributed by atoms with Crippen molar-refractivity contribution in [3.63, 3.8) is 0 Å². The van der Waals surface area contributed by atoms with Crippen LogP contribution in [-0.4, -0.2) is 41.4 Å². The molecule has 0 aromatic rings. The molecule has 94 valence electrons. The summed E-state index contributed by atoms with van der Waals surface area (Å²) in [6.07, 6.45) is 0.877. The largest absolute Gasteiger partial charge is 0.371 e. The molecule has 0 N–H and O–H groups in total. The first-order valence-electron chi connectivity index (χ1n) is 5.81. The van der Waals surface area contributed by atoms with Crippen molar-refractivity contribution in [2.24, 2.45) is 5.41 Å². The average Bonchev–Trinajstić information content (AvgIpc) is 2.14. The number of hydrogen-bond acceptors (Lipinski definition) is 2. The summed E-state index contributed by atoms with van der Waals surface area (Å²) in [6.45, 7) is 9.74. The summed E-state index contributed by atoms with van der Waals surface area (Å²) >= 11 is 3.41. The second-order valence-corrected chi connectivity index (χ2v) is 6.41. The molecule has 2 atom stereocenters. The van der Waals surface area contributed by atoms with Crippen LogP contribution in [0.5, 0.6) is 0 Å². The van der Waals surface area contributed by atoms with Crippen molar-refractivity contribution in [1.82, 2.24) is 4.90 Å². The molecule has 0 bridgehead atoms. The molecule has 1 heterocycles. The van der Waals surface area contributed by atoms with Crippen LogP contribution in [0.4, 0.5) is 0 Å². The lowest BCUT2D eigenvalue weighted by atomic mass is 9.91. The molecule has 1 aliphatic rings. The van der Waals surface area contributed by atoms with E-state index in [9.17, 15) is 4.79 Å². The Morgan fingerprint density at radius 2 is 2.06 bits per heavy atom. The summed E-state index contributed by atoms with van der Waals surface area (Å²) in [4.78, 5) is 14.0. The number of morpholine rings is 1. The lowest BCUT2D eigenvalue weighted by Crippen LogP contribution is -2.50. The number of hydrogen-bond donors (Lipinski definition) is 0. The van der Waals surface area contributed by atoms with Gasteiger partial charge in [-0.1, -0.05) is 36.7 Å². The first-order valence-corrected chi connectivity index (χ1v) is 6.93. The standard InChI is InChI=1S/C12H22BrNO2/c1-9-7-14(8-10(6-13)16-9)11(15)5-12(2,3)4/h9-10H,5-8H2,1-4H3. The Bertz CT molecular complexity index is 250. The molecular weight excluding hydrogens is 270 g/mol. The molecule has 1 amide bonds. The van der Waals surface area contributed by atoms with Crippen molar-refractivity contribution in [2.45, 2.75) is 46.3 Å². The highest BCUT2D eigenvalue weighted by atomic mass is 79.9. The minimum Gasteiger partial charge on any atom is -0.371 e. The van der Waals surface area contributed by atoms with Crippen molar-refractivity contribution in [3.05, 3.63) is 0 Å². The first-order chi connectivity index (χ1) is 7.31. The van der Waals surface area contributed by atoms with Crippen LogP contribution in [-0.2, 0) is 9.53 Å². The molecule has 1 saturated heterocycles. The number of ether oxygens (including phenoxy) is 1. The van der Waals surface area contributed by atoms with Crippen LogP contribution in [0, 0.1) is 5.41 Å². The molecule has 1 rings (SSSR count). The zero-order chi connectivity index (χ0) is 12.3. The van der Waals surface area contributed by atoms with Crippen LogP contribution in [0.15, 0.2) is 0 Å². The van der Waals surface area contributed by atoms with E-state index < -0.39 is 0 Å². The lowest BCUT2D eigenvalue weighted by Gasteiger charge is -2.37. The van der Waals surface area contributed by atoms with Crippen molar-refractivity contribution < 1.29 is 9.53 Å². The quantitative estimate of drug-likeness (QED) is 0.732. The summed E-state index contributed by atoms with van der Waals surface area (Å²) in [5, 5.41) is 0.788. The predicted octanol–water partition coefficient (Wildman–Crippen LogP) is 2.43. The summed E-state index contributed by atoms with van der Waals surface area (Å²) in [7, 11) is 0. The number of alkyl halides is 1. The topological polar surface area (TPSA) is 29.5 Å². The molecule has 0 aliphatic carbocycles. The number of carbonyl (C=O) groups is 1. The molecule has 4 heteroatoms. The summed E-state index contributed by atoms with van der Waals surface area (Å²) in [5.41, 5.74) is 0.0581. The molecule has 16 heavy (non-hydrogen) atoms. The van der Waals surface area contributed by atoms with E-state index in [2.05, 4.69) is 36.7 Å². The summed E-state index contributed by atoms with van der Waals surface area (Å²) in [6, 6.07) is 0. The average molecular weight is 292 g/mol. The van der Waals surface area contributed by atoms with E-state index >= 15 is 0 Å². The van der Waals surface area contributed by atoms with Crippen LogP contribution in [0.25, 0.3) is 0 Å². The molecule has 0 radical (unpaired) electrons. The number of carbonyl (C=O) groups excluding carboxylic acids is 1. The van der Waals surface area contributed by atoms with E-state index in [0.29, 0.717) is 13.0 Å². The van der Waals surface area contributed by atoms with Gasteiger partial charge in [-0.05, 0) is 12.3 Å². The maximum atomic E-state index is 12.1. The Kier molecular flexibility index (Phi) is 4.80. The molecule has 2 unspecified atom stereocenters. The fourth-order valence-corrected chi connectivity index (χ4v) is 2.26. The van der Waals surface area contributed by atoms with Gasteiger partial charge in [0.2, 0.25) is 5.91 Å². The number of nitrogens with zero attached hydrogens (tertiary/aromatic N) is 1. The van der Waals surface area contributed by atoms with Crippen molar-refractivity contribution in [1.29, 1.82) is 0 Å². The van der Waals surface area contributed by atoms with Crippen molar-refractivity contribution in [2.75, 3.05) is 18.4 Å². The molecule has 1 fully saturated rings. The minimum atomic E-state index is 0.0581. The van der Waals surface area contributed by atoms with Gasteiger partial charge in [0.1, 0.15) is 0 Å². The van der Waals surface area contributed by atoms with Gasteiger partial charge in [0.25, 0.3) is 0 Å². The highest BCUT2D eigenvalue weighted by Crippen LogP contribution is 2.22. The maximum Gasteiger partial charge on any atom is 0.223 e. The Morgan fingerprint density at radius 1 is 1.44 bits per heavy atom. The van der Waals surface area contributed by atoms with E-state index in [1.807, 2.05) is 11.8 Å². The molecule has 0 aromatic carbocycles. The Labute approximate surface area is 107 Å². The number of rotatable bonds is 2. The maximum absolute atomic E-state index is 12.1. The van der Waals surface area contributed by atoms with Gasteiger partial charge in [0.05, 0.1) is 12.2 Å². The normalized spacial score (nSPS) is 26.9. The van der Waals surface area contributed by atoms with E-state index in [0.717, 1.165) is 11.9 Å². The van der Waals surface area contributed by atoms with E-state index in [4.69, 9.17) is 4.74 Å². The first kappa shape index (κ1) is 14.0. The summed E-state index contributed by atoms with van der Waals surface area (Å²) < 4.78 is 5.71. The third kappa shape index (κ3) is 4.42. The predicted molar refractivity (Wildman–Crippen MR) is 68.8 cm³/mol. The zero-order valence-corrected chi connectivity index (χ0v) is 12.2. The zero-order valence-electron chi connectivity index (χ0n) is 10.6. The van der Waals surface area contributed by atoms with Crippen LogP contribution < -0.4 is 0 Å². The minimum absolute atomic E-state index is 0.0581. The smallest absolute Gasteiger partial charge is 0.223 e. The SMILES string of the molecule is CC1CN(C(=O)CC(C)(C)C)CC(CBr)O1. The third-order valence-electron chi connectivity index (χ3n) is 2.53. The van der Waals surface area contributed by atoms with E-state index in [1.54, 1.807) is 0 Å². The van der Waals surface area contributed by atoms with Gasteiger partial charge in [-0.3, -0.25) is 4.79 Å². The van der Waals surface area contributed by atoms with E-state index in [1.165, 1.54) is 0 Å². The van der Waals surface area contributed by atoms with Crippen LogP contribution in [0.1, 0.15) is 34.1 Å². The second-order valence-electron chi connectivity index (χ2n) is 5.76. The highest BCUT2D eigenvalue weighted by molar-refractivity contribution is 9.09. The van der Waals surface area contributed by atoms with Gasteiger partial charge in [0, 0.05) is 24.8 Å². The van der Waals surface area contributed by atoms with E-state index in [-0.39, 0.29) is 23.5 Å².